The lowest BCUT2D eigenvalue weighted by atomic mass is 10.2. The van der Waals surface area contributed by atoms with Gasteiger partial charge in [0.1, 0.15) is 0 Å². The summed E-state index contributed by atoms with van der Waals surface area (Å²) < 4.78 is 20.6. The van der Waals surface area contributed by atoms with Gasteiger partial charge in [-0.25, -0.2) is 0 Å². The van der Waals surface area contributed by atoms with E-state index in [9.17, 15) is 4.79 Å². The molecule has 2 heteroatoms. The van der Waals surface area contributed by atoms with Crippen molar-refractivity contribution >= 4 is 5.97 Å². The number of carbonyl (C=O) groups is 1. The second-order valence-corrected chi connectivity index (χ2v) is 1.89. The molecule has 1 aliphatic carbocycles. The third-order valence-corrected chi connectivity index (χ3v) is 1.16. The molecule has 0 saturated heterocycles. The van der Waals surface area contributed by atoms with E-state index in [0.29, 0.717) is 12.8 Å². The van der Waals surface area contributed by atoms with Gasteiger partial charge < -0.3 is 5.11 Å². The first-order chi connectivity index (χ1) is 4.40. The van der Waals surface area contributed by atoms with E-state index in [4.69, 9.17) is 9.22 Å². The van der Waals surface area contributed by atoms with Crippen LogP contribution in [-0.2, 0) is 4.79 Å². The Bertz CT molecular complexity index is 168. The average Bonchev–Trinajstić information content (AvgIpc) is 2.36. The first kappa shape index (κ1) is 2.16. The van der Waals surface area contributed by atoms with Gasteiger partial charge in [-0.2, -0.15) is 0 Å². The molecule has 0 heterocycles. The molecule has 0 atom stereocenters. The molecule has 0 amide bonds. The van der Waals surface area contributed by atoms with Crippen molar-refractivity contribution in [3.63, 3.8) is 0 Å². The highest BCUT2D eigenvalue weighted by molar-refractivity contribution is 5.77. The lowest BCUT2D eigenvalue weighted by Crippen LogP contribution is -2.08. The summed E-state index contributed by atoms with van der Waals surface area (Å²) in [4.78, 5) is 10.4. The zero-order chi connectivity index (χ0) is 7.99. The molecule has 1 fully saturated rings. The van der Waals surface area contributed by atoms with E-state index in [2.05, 4.69) is 0 Å². The van der Waals surface area contributed by atoms with Crippen LogP contribution in [0.1, 0.15) is 23.8 Å². The predicted octanol–water partition coefficient (Wildman–Crippen LogP) is 0.871. The van der Waals surface area contributed by atoms with Crippen LogP contribution in [0.5, 0.6) is 0 Å². The molecule has 40 valence electrons. The van der Waals surface area contributed by atoms with E-state index in [-0.39, 0.29) is 0 Å². The summed E-state index contributed by atoms with van der Waals surface area (Å²) in [6, 6.07) is 0. The number of carboxylic acids is 1. The summed E-state index contributed by atoms with van der Waals surface area (Å²) in [7, 11) is 0. The highest BCUT2D eigenvalue weighted by Crippen LogP contribution is 2.44. The van der Waals surface area contributed by atoms with Crippen LogP contribution in [0.25, 0.3) is 0 Å². The van der Waals surface area contributed by atoms with Gasteiger partial charge in [0.05, 0.1) is 5.41 Å². The minimum absolute atomic E-state index is 0.291. The fourth-order valence-corrected chi connectivity index (χ4v) is 0.339. The summed E-state index contributed by atoms with van der Waals surface area (Å²) in [6.45, 7) is -2.32. The van der Waals surface area contributed by atoms with Gasteiger partial charge in [-0.3, -0.25) is 4.79 Å². The molecular weight excluding hydrogens is 92.1 g/mol. The topological polar surface area (TPSA) is 37.3 Å². The Morgan fingerprint density at radius 1 is 2.00 bits per heavy atom. The van der Waals surface area contributed by atoms with Crippen LogP contribution in [0.15, 0.2) is 0 Å². The normalized spacial score (nSPS) is 32.3. The Hall–Kier alpha value is -0.530. The van der Waals surface area contributed by atoms with Gasteiger partial charge in [0.15, 0.2) is 0 Å². The maximum atomic E-state index is 10.4. The standard InChI is InChI=1S/C5H8O2/c1-5(2-3-5)4(6)7/h2-3H2,1H3,(H,6,7)/i1D3. The van der Waals surface area contributed by atoms with Crippen LogP contribution in [0.4, 0.5) is 0 Å². The second-order valence-electron chi connectivity index (χ2n) is 1.89. The highest BCUT2D eigenvalue weighted by Gasteiger charge is 2.44. The molecule has 1 aliphatic rings. The molecule has 1 rings (SSSR count). The number of carboxylic acid groups (broad SMARTS) is 1. The highest BCUT2D eigenvalue weighted by atomic mass is 16.4. The second kappa shape index (κ2) is 0.997. The van der Waals surface area contributed by atoms with Gasteiger partial charge in [-0.05, 0) is 19.7 Å². The molecule has 1 saturated carbocycles. The Morgan fingerprint density at radius 2 is 2.57 bits per heavy atom. The lowest BCUT2D eigenvalue weighted by Gasteiger charge is -1.94. The van der Waals surface area contributed by atoms with Crippen LogP contribution in [0.2, 0.25) is 0 Å². The Morgan fingerprint density at radius 3 is 2.57 bits per heavy atom. The Balaban J connectivity index is 2.80. The third kappa shape index (κ3) is 0.601. The smallest absolute Gasteiger partial charge is 0.309 e. The van der Waals surface area contributed by atoms with E-state index >= 15 is 0 Å². The zero-order valence-corrected chi connectivity index (χ0v) is 3.77. The monoisotopic (exact) mass is 103 g/mol. The summed E-state index contributed by atoms with van der Waals surface area (Å²) in [5.74, 6) is -1.19. The van der Waals surface area contributed by atoms with Crippen molar-refractivity contribution in [1.82, 2.24) is 0 Å². The van der Waals surface area contributed by atoms with Crippen LogP contribution < -0.4 is 0 Å². The zero-order valence-electron chi connectivity index (χ0n) is 6.77. The van der Waals surface area contributed by atoms with Crippen molar-refractivity contribution in [3.8, 4) is 0 Å². The van der Waals surface area contributed by atoms with Gasteiger partial charge >= 0.3 is 5.97 Å². The van der Waals surface area contributed by atoms with Gasteiger partial charge in [0, 0.05) is 4.11 Å². The molecule has 0 aromatic carbocycles. The SMILES string of the molecule is [2H]C([2H])([2H])C1(C(=O)O)CC1. The fourth-order valence-electron chi connectivity index (χ4n) is 0.339. The van der Waals surface area contributed by atoms with E-state index in [1.165, 1.54) is 0 Å². The quantitative estimate of drug-likeness (QED) is 0.534. The summed E-state index contributed by atoms with van der Waals surface area (Å²) in [5.41, 5.74) is -1.40. The number of aliphatic carboxylic acids is 1. The van der Waals surface area contributed by atoms with Crippen LogP contribution in [0.3, 0.4) is 0 Å². The van der Waals surface area contributed by atoms with Gasteiger partial charge in [0.25, 0.3) is 0 Å². The first-order valence-corrected chi connectivity index (χ1v) is 2.13. The van der Waals surface area contributed by atoms with Crippen molar-refractivity contribution < 1.29 is 14.0 Å². The molecule has 2 nitrogen and oxygen atoms in total. The first-order valence-electron chi connectivity index (χ1n) is 3.63. The van der Waals surface area contributed by atoms with Crippen molar-refractivity contribution in [1.29, 1.82) is 0 Å². The Labute approximate surface area is 46.4 Å². The number of hydrogen-bond acceptors (Lipinski definition) is 1. The molecule has 0 bridgehead atoms. The summed E-state index contributed by atoms with van der Waals surface area (Å²) in [6.07, 6.45) is 0.581. The number of rotatable bonds is 1. The van der Waals surface area contributed by atoms with Crippen molar-refractivity contribution in [3.05, 3.63) is 0 Å². The predicted molar refractivity (Wildman–Crippen MR) is 25.0 cm³/mol. The molecule has 7 heavy (non-hydrogen) atoms. The van der Waals surface area contributed by atoms with E-state index < -0.39 is 18.2 Å². The van der Waals surface area contributed by atoms with Crippen molar-refractivity contribution in [2.75, 3.05) is 0 Å². The minimum Gasteiger partial charge on any atom is -0.481 e. The van der Waals surface area contributed by atoms with Gasteiger partial charge in [-0.15, -0.1) is 0 Å². The maximum Gasteiger partial charge on any atom is 0.309 e. The molecular formula is C5H8O2. The molecule has 0 spiro atoms. The maximum absolute atomic E-state index is 10.4. The summed E-state index contributed by atoms with van der Waals surface area (Å²) >= 11 is 0. The van der Waals surface area contributed by atoms with Crippen LogP contribution in [-0.4, -0.2) is 11.1 Å². The van der Waals surface area contributed by atoms with Crippen LogP contribution in [0, 0.1) is 5.41 Å². The third-order valence-electron chi connectivity index (χ3n) is 1.16. The molecule has 0 aliphatic heterocycles. The molecule has 0 aromatic rings. The van der Waals surface area contributed by atoms with E-state index in [1.807, 2.05) is 0 Å². The molecule has 0 radical (unpaired) electrons. The van der Waals surface area contributed by atoms with E-state index in [0.717, 1.165) is 0 Å². The summed E-state index contributed by atoms with van der Waals surface area (Å²) in [5, 5.41) is 8.48. The Kier molecular flexibility index (Phi) is 0.307. The lowest BCUT2D eigenvalue weighted by molar-refractivity contribution is -0.142. The molecule has 1 N–H and O–H groups in total. The van der Waals surface area contributed by atoms with Gasteiger partial charge in [-0.1, -0.05) is 0 Å². The largest absolute Gasteiger partial charge is 0.481 e. The van der Waals surface area contributed by atoms with Crippen molar-refractivity contribution in [2.24, 2.45) is 5.41 Å². The molecule has 0 unspecified atom stereocenters. The molecule has 0 aromatic heterocycles. The van der Waals surface area contributed by atoms with Crippen LogP contribution >= 0.6 is 0 Å². The van der Waals surface area contributed by atoms with Gasteiger partial charge in [0.2, 0.25) is 0 Å². The minimum atomic E-state index is -2.32. The fraction of sp³-hybridized carbons (Fsp3) is 0.800. The number of hydrogen-bond donors (Lipinski definition) is 1. The average molecular weight is 103 g/mol. The van der Waals surface area contributed by atoms with Crippen molar-refractivity contribution in [2.45, 2.75) is 19.7 Å². The van der Waals surface area contributed by atoms with E-state index in [1.54, 1.807) is 0 Å².